The molecule has 0 spiro atoms. The number of hydrogen-bond donors (Lipinski definition) is 1. The Hall–Kier alpha value is -0.830. The zero-order valence-corrected chi connectivity index (χ0v) is 13.0. The molecule has 0 saturated heterocycles. The third kappa shape index (κ3) is 5.67. The summed E-state index contributed by atoms with van der Waals surface area (Å²) in [6, 6.07) is 8.10. The summed E-state index contributed by atoms with van der Waals surface area (Å²) in [7, 11) is 0. The van der Waals surface area contributed by atoms with Gasteiger partial charge >= 0.3 is 0 Å². The summed E-state index contributed by atoms with van der Waals surface area (Å²) < 4.78 is 0. The van der Waals surface area contributed by atoms with Gasteiger partial charge in [-0.2, -0.15) is 0 Å². The maximum atomic E-state index is 11.8. The fourth-order valence-corrected chi connectivity index (χ4v) is 2.71. The summed E-state index contributed by atoms with van der Waals surface area (Å²) in [5.41, 5.74) is 2.43. The maximum Gasteiger partial charge on any atom is 0.224 e. The van der Waals surface area contributed by atoms with Crippen molar-refractivity contribution in [3.05, 3.63) is 35.4 Å². The molecule has 1 aromatic rings. The van der Waals surface area contributed by atoms with Crippen LogP contribution in [0.2, 0.25) is 0 Å². The number of nitrogens with one attached hydrogen (secondary N) is 1. The largest absolute Gasteiger partial charge is 0.355 e. The molecule has 0 fully saturated rings. The van der Waals surface area contributed by atoms with Crippen molar-refractivity contribution in [3.63, 3.8) is 0 Å². The summed E-state index contributed by atoms with van der Waals surface area (Å²) in [5, 5.41) is 3.98. The number of rotatable bonds is 6. The maximum absolute atomic E-state index is 11.8. The molecule has 0 aromatic heterocycles. The molecule has 0 aliphatic heterocycles. The molecule has 0 saturated carbocycles. The molecule has 100 valence electrons. The standard InChI is InChI=1S/C15H22BrNO/c1-12-4-6-13(7-5-12)10-14(18)17-11-15(2,3)8-9-16/h4-7H,8-11H2,1-3H3,(H,17,18). The predicted octanol–water partition coefficient (Wildman–Crippen LogP) is 3.46. The molecule has 0 aliphatic carbocycles. The van der Waals surface area contributed by atoms with Gasteiger partial charge in [-0.25, -0.2) is 0 Å². The van der Waals surface area contributed by atoms with Gasteiger partial charge in [0.25, 0.3) is 0 Å². The number of hydrogen-bond acceptors (Lipinski definition) is 1. The van der Waals surface area contributed by atoms with E-state index in [1.165, 1.54) is 5.56 Å². The highest BCUT2D eigenvalue weighted by atomic mass is 79.9. The van der Waals surface area contributed by atoms with Crippen LogP contribution < -0.4 is 5.32 Å². The quantitative estimate of drug-likeness (QED) is 0.801. The lowest BCUT2D eigenvalue weighted by atomic mass is 9.90. The number of halogens is 1. The highest BCUT2D eigenvalue weighted by molar-refractivity contribution is 9.09. The van der Waals surface area contributed by atoms with Gasteiger partial charge in [0.05, 0.1) is 6.42 Å². The van der Waals surface area contributed by atoms with Crippen molar-refractivity contribution in [2.24, 2.45) is 5.41 Å². The van der Waals surface area contributed by atoms with Crippen molar-refractivity contribution in [1.29, 1.82) is 0 Å². The van der Waals surface area contributed by atoms with Crippen LogP contribution in [0, 0.1) is 12.3 Å². The zero-order chi connectivity index (χ0) is 13.6. The number of benzene rings is 1. The fraction of sp³-hybridized carbons (Fsp3) is 0.533. The van der Waals surface area contributed by atoms with Gasteiger partial charge in [-0.1, -0.05) is 59.6 Å². The van der Waals surface area contributed by atoms with Crippen molar-refractivity contribution in [2.75, 3.05) is 11.9 Å². The Morgan fingerprint density at radius 2 is 1.89 bits per heavy atom. The lowest BCUT2D eigenvalue weighted by Gasteiger charge is -2.23. The summed E-state index contributed by atoms with van der Waals surface area (Å²) >= 11 is 3.44. The minimum atomic E-state index is 0.0986. The zero-order valence-electron chi connectivity index (χ0n) is 11.4. The van der Waals surface area contributed by atoms with E-state index in [0.717, 1.165) is 23.9 Å². The lowest BCUT2D eigenvalue weighted by molar-refractivity contribution is -0.120. The van der Waals surface area contributed by atoms with E-state index in [1.807, 2.05) is 31.2 Å². The van der Waals surface area contributed by atoms with Crippen LogP contribution in [-0.2, 0) is 11.2 Å². The molecule has 3 heteroatoms. The molecule has 0 bridgehead atoms. The van der Waals surface area contributed by atoms with Gasteiger partial charge in [-0.3, -0.25) is 4.79 Å². The Bertz CT molecular complexity index is 384. The first-order chi connectivity index (χ1) is 8.43. The molecule has 0 radical (unpaired) electrons. The van der Waals surface area contributed by atoms with Crippen molar-refractivity contribution in [2.45, 2.75) is 33.6 Å². The fourth-order valence-electron chi connectivity index (χ4n) is 1.64. The molecular weight excluding hydrogens is 290 g/mol. The van der Waals surface area contributed by atoms with Gasteiger partial charge < -0.3 is 5.32 Å². The second-order valence-corrected chi connectivity index (χ2v) is 6.34. The van der Waals surface area contributed by atoms with Crippen LogP contribution in [-0.4, -0.2) is 17.8 Å². The van der Waals surface area contributed by atoms with Crippen LogP contribution in [0.3, 0.4) is 0 Å². The Labute approximate surface area is 118 Å². The molecule has 0 aliphatic rings. The van der Waals surface area contributed by atoms with Crippen LogP contribution in [0.25, 0.3) is 0 Å². The van der Waals surface area contributed by atoms with Gasteiger partial charge in [0.1, 0.15) is 0 Å². The van der Waals surface area contributed by atoms with E-state index in [0.29, 0.717) is 6.42 Å². The predicted molar refractivity (Wildman–Crippen MR) is 80.1 cm³/mol. The van der Waals surface area contributed by atoms with E-state index >= 15 is 0 Å². The van der Waals surface area contributed by atoms with Gasteiger partial charge in [-0.15, -0.1) is 0 Å². The number of alkyl halides is 1. The second kappa shape index (κ2) is 6.93. The second-order valence-electron chi connectivity index (χ2n) is 5.54. The molecule has 1 N–H and O–H groups in total. The van der Waals surface area contributed by atoms with Crippen LogP contribution >= 0.6 is 15.9 Å². The van der Waals surface area contributed by atoms with Gasteiger partial charge in [0, 0.05) is 11.9 Å². The molecule has 2 nitrogen and oxygen atoms in total. The first-order valence-corrected chi connectivity index (χ1v) is 7.43. The third-order valence-corrected chi connectivity index (χ3v) is 3.42. The first kappa shape index (κ1) is 15.2. The van der Waals surface area contributed by atoms with Gasteiger partial charge in [0.15, 0.2) is 0 Å². The minimum absolute atomic E-state index is 0.0986. The molecular formula is C15H22BrNO. The van der Waals surface area contributed by atoms with Crippen molar-refractivity contribution >= 4 is 21.8 Å². The summed E-state index contributed by atoms with van der Waals surface area (Å²) in [6.45, 7) is 7.11. The van der Waals surface area contributed by atoms with Crippen LogP contribution in [0.4, 0.5) is 0 Å². The molecule has 0 atom stereocenters. The third-order valence-electron chi connectivity index (χ3n) is 3.02. The number of carbonyl (C=O) groups is 1. The van der Waals surface area contributed by atoms with Crippen molar-refractivity contribution < 1.29 is 4.79 Å². The number of aryl methyl sites for hydroxylation is 1. The van der Waals surface area contributed by atoms with Crippen LogP contribution in [0.15, 0.2) is 24.3 Å². The first-order valence-electron chi connectivity index (χ1n) is 6.31. The van der Waals surface area contributed by atoms with E-state index in [-0.39, 0.29) is 11.3 Å². The monoisotopic (exact) mass is 311 g/mol. The van der Waals surface area contributed by atoms with Crippen molar-refractivity contribution in [3.8, 4) is 0 Å². The highest BCUT2D eigenvalue weighted by Crippen LogP contribution is 2.19. The number of carbonyl (C=O) groups excluding carboxylic acids is 1. The summed E-state index contributed by atoms with van der Waals surface area (Å²) in [4.78, 5) is 11.8. The Morgan fingerprint density at radius 1 is 1.28 bits per heavy atom. The summed E-state index contributed by atoms with van der Waals surface area (Å²) in [5.74, 6) is 0.0986. The Balaban J connectivity index is 2.40. The van der Waals surface area contributed by atoms with Crippen LogP contribution in [0.5, 0.6) is 0 Å². The minimum Gasteiger partial charge on any atom is -0.355 e. The topological polar surface area (TPSA) is 29.1 Å². The van der Waals surface area contributed by atoms with E-state index in [9.17, 15) is 4.79 Å². The molecule has 1 rings (SSSR count). The van der Waals surface area contributed by atoms with E-state index in [4.69, 9.17) is 0 Å². The smallest absolute Gasteiger partial charge is 0.224 e. The average Bonchev–Trinajstić information content (AvgIpc) is 2.30. The van der Waals surface area contributed by atoms with Gasteiger partial charge in [0.2, 0.25) is 5.91 Å². The molecule has 1 amide bonds. The highest BCUT2D eigenvalue weighted by Gasteiger charge is 2.17. The Morgan fingerprint density at radius 3 is 2.44 bits per heavy atom. The van der Waals surface area contributed by atoms with Crippen LogP contribution in [0.1, 0.15) is 31.4 Å². The Kier molecular flexibility index (Phi) is 5.86. The molecule has 1 aromatic carbocycles. The molecule has 0 heterocycles. The van der Waals surface area contributed by atoms with E-state index in [1.54, 1.807) is 0 Å². The van der Waals surface area contributed by atoms with E-state index in [2.05, 4.69) is 35.1 Å². The normalized spacial score (nSPS) is 11.3. The van der Waals surface area contributed by atoms with E-state index < -0.39 is 0 Å². The lowest BCUT2D eigenvalue weighted by Crippen LogP contribution is -2.35. The SMILES string of the molecule is Cc1ccc(CC(=O)NCC(C)(C)CCBr)cc1. The van der Waals surface area contributed by atoms with Gasteiger partial charge in [-0.05, 0) is 24.3 Å². The molecule has 0 unspecified atom stereocenters. The summed E-state index contributed by atoms with van der Waals surface area (Å²) in [6.07, 6.45) is 1.52. The average molecular weight is 312 g/mol. The number of amides is 1. The van der Waals surface area contributed by atoms with Crippen molar-refractivity contribution in [1.82, 2.24) is 5.32 Å². The molecule has 18 heavy (non-hydrogen) atoms.